The second-order valence-corrected chi connectivity index (χ2v) is 4.92. The van der Waals surface area contributed by atoms with E-state index in [4.69, 9.17) is 16.7 Å². The topological polar surface area (TPSA) is 96.1 Å². The molecule has 1 amide bonds. The van der Waals surface area contributed by atoms with Crippen LogP contribution in [-0.4, -0.2) is 18.5 Å². The number of primary amides is 1. The van der Waals surface area contributed by atoms with Gasteiger partial charge in [-0.2, -0.15) is 5.26 Å². The Hall–Kier alpha value is -2.22. The van der Waals surface area contributed by atoms with Crippen LogP contribution in [-0.2, 0) is 4.79 Å². The number of hydrogen-bond donors (Lipinski definition) is 2. The molecule has 1 aliphatic carbocycles. The van der Waals surface area contributed by atoms with Crippen molar-refractivity contribution in [2.45, 2.75) is 31.7 Å². The molecule has 100 valence electrons. The lowest BCUT2D eigenvalue weighted by atomic mass is 10.1. The molecule has 1 aromatic carbocycles. The van der Waals surface area contributed by atoms with Crippen molar-refractivity contribution in [2.75, 3.05) is 17.2 Å². The number of anilines is 2. The lowest BCUT2D eigenvalue weighted by Crippen LogP contribution is -2.40. The molecule has 0 bridgehead atoms. The summed E-state index contributed by atoms with van der Waals surface area (Å²) >= 11 is 0. The minimum Gasteiger partial charge on any atom is -0.397 e. The molecule has 0 saturated heterocycles. The normalized spacial score (nSPS) is 15.1. The zero-order chi connectivity index (χ0) is 13.8. The number of amides is 1. The highest BCUT2D eigenvalue weighted by Gasteiger charge is 2.25. The first-order chi connectivity index (χ1) is 9.11. The van der Waals surface area contributed by atoms with Gasteiger partial charge in [-0.25, -0.2) is 0 Å². The van der Waals surface area contributed by atoms with Crippen LogP contribution >= 0.6 is 0 Å². The molecule has 0 radical (unpaired) electrons. The highest BCUT2D eigenvalue weighted by molar-refractivity contribution is 5.82. The average Bonchev–Trinajstić information content (AvgIpc) is 2.89. The van der Waals surface area contributed by atoms with E-state index in [0.717, 1.165) is 31.4 Å². The van der Waals surface area contributed by atoms with Crippen LogP contribution in [0.15, 0.2) is 18.2 Å². The third-order valence-corrected chi connectivity index (χ3v) is 3.56. The van der Waals surface area contributed by atoms with Crippen molar-refractivity contribution in [1.29, 1.82) is 5.26 Å². The lowest BCUT2D eigenvalue weighted by Gasteiger charge is -2.31. The Morgan fingerprint density at radius 1 is 1.42 bits per heavy atom. The summed E-state index contributed by atoms with van der Waals surface area (Å²) in [5, 5.41) is 8.86. The van der Waals surface area contributed by atoms with Crippen LogP contribution in [0.5, 0.6) is 0 Å². The van der Waals surface area contributed by atoms with Gasteiger partial charge in [-0.3, -0.25) is 4.79 Å². The Labute approximate surface area is 112 Å². The van der Waals surface area contributed by atoms with Crippen molar-refractivity contribution >= 4 is 17.3 Å². The first kappa shape index (κ1) is 13.2. The average molecular weight is 258 g/mol. The van der Waals surface area contributed by atoms with Gasteiger partial charge in [0.05, 0.1) is 29.6 Å². The third-order valence-electron chi connectivity index (χ3n) is 3.56. The highest BCUT2D eigenvalue weighted by atomic mass is 16.1. The van der Waals surface area contributed by atoms with E-state index in [1.807, 2.05) is 4.90 Å². The zero-order valence-electron chi connectivity index (χ0n) is 10.8. The summed E-state index contributed by atoms with van der Waals surface area (Å²) in [5.74, 6) is -0.365. The van der Waals surface area contributed by atoms with Gasteiger partial charge in [0.25, 0.3) is 0 Å². The smallest absolute Gasteiger partial charge is 0.236 e. The van der Waals surface area contributed by atoms with Crippen molar-refractivity contribution in [3.8, 4) is 6.07 Å². The van der Waals surface area contributed by atoms with Gasteiger partial charge in [0.1, 0.15) is 0 Å². The van der Waals surface area contributed by atoms with E-state index in [0.29, 0.717) is 17.3 Å². The summed E-state index contributed by atoms with van der Waals surface area (Å²) in [6, 6.07) is 7.52. The molecule has 0 spiro atoms. The number of nitrogens with two attached hydrogens (primary N) is 2. The maximum atomic E-state index is 11.3. The second kappa shape index (κ2) is 5.61. The van der Waals surface area contributed by atoms with Gasteiger partial charge >= 0.3 is 0 Å². The number of carbonyl (C=O) groups excluding carboxylic acids is 1. The predicted octanol–water partition coefficient (Wildman–Crippen LogP) is 1.37. The van der Waals surface area contributed by atoms with Gasteiger partial charge < -0.3 is 16.4 Å². The maximum Gasteiger partial charge on any atom is 0.236 e. The summed E-state index contributed by atoms with van der Waals surface area (Å²) in [6.45, 7) is 0.167. The number of benzene rings is 1. The minimum absolute atomic E-state index is 0.167. The molecule has 1 aromatic rings. The molecule has 0 heterocycles. The SMILES string of the molecule is N#Cc1ccc(N(CC(N)=O)C2CCCC2)c(N)c1. The van der Waals surface area contributed by atoms with Gasteiger partial charge in [0, 0.05) is 6.04 Å². The number of rotatable bonds is 4. The van der Waals surface area contributed by atoms with Crippen LogP contribution in [0.1, 0.15) is 31.2 Å². The Morgan fingerprint density at radius 3 is 2.63 bits per heavy atom. The molecule has 4 N–H and O–H groups in total. The summed E-state index contributed by atoms with van der Waals surface area (Å²) < 4.78 is 0. The molecule has 0 unspecified atom stereocenters. The Balaban J connectivity index is 2.31. The molecule has 5 heteroatoms. The fourth-order valence-corrected chi connectivity index (χ4v) is 2.68. The van der Waals surface area contributed by atoms with E-state index in [-0.39, 0.29) is 12.5 Å². The summed E-state index contributed by atoms with van der Waals surface area (Å²) in [5.41, 5.74) is 13.2. The predicted molar refractivity (Wildman–Crippen MR) is 74.4 cm³/mol. The van der Waals surface area contributed by atoms with Gasteiger partial charge in [-0.05, 0) is 31.0 Å². The molecular formula is C14H18N4O. The summed E-state index contributed by atoms with van der Waals surface area (Å²) in [6.07, 6.45) is 4.42. The number of carbonyl (C=O) groups is 1. The lowest BCUT2D eigenvalue weighted by molar-refractivity contribution is -0.116. The highest BCUT2D eigenvalue weighted by Crippen LogP contribution is 2.32. The van der Waals surface area contributed by atoms with Crippen LogP contribution in [0.4, 0.5) is 11.4 Å². The van der Waals surface area contributed by atoms with Crippen LogP contribution in [0, 0.1) is 11.3 Å². The molecule has 2 rings (SSSR count). The van der Waals surface area contributed by atoms with Gasteiger partial charge in [0.2, 0.25) is 5.91 Å². The molecule has 0 aromatic heterocycles. The van der Waals surface area contributed by atoms with Crippen LogP contribution in [0.3, 0.4) is 0 Å². The zero-order valence-corrected chi connectivity index (χ0v) is 10.8. The molecule has 1 fully saturated rings. The quantitative estimate of drug-likeness (QED) is 0.797. The summed E-state index contributed by atoms with van der Waals surface area (Å²) in [4.78, 5) is 13.2. The van der Waals surface area contributed by atoms with Gasteiger partial charge in [-0.1, -0.05) is 12.8 Å². The monoisotopic (exact) mass is 258 g/mol. The first-order valence-corrected chi connectivity index (χ1v) is 6.46. The van der Waals surface area contributed by atoms with Crippen molar-refractivity contribution in [2.24, 2.45) is 5.73 Å². The van der Waals surface area contributed by atoms with E-state index in [9.17, 15) is 4.79 Å². The Bertz CT molecular complexity index is 515. The molecule has 1 saturated carbocycles. The molecule has 5 nitrogen and oxygen atoms in total. The molecular weight excluding hydrogens is 240 g/mol. The fourth-order valence-electron chi connectivity index (χ4n) is 2.68. The fraction of sp³-hybridized carbons (Fsp3) is 0.429. The molecule has 1 aliphatic rings. The largest absolute Gasteiger partial charge is 0.397 e. The number of nitriles is 1. The standard InChI is InChI=1S/C14H18N4O/c15-8-10-5-6-13(12(16)7-10)18(9-14(17)19)11-3-1-2-4-11/h5-7,11H,1-4,9,16H2,(H2,17,19). The Morgan fingerprint density at radius 2 is 2.11 bits per heavy atom. The Kier molecular flexibility index (Phi) is 3.91. The summed E-state index contributed by atoms with van der Waals surface area (Å²) in [7, 11) is 0. The van der Waals surface area contributed by atoms with Gasteiger partial charge in [0.15, 0.2) is 0 Å². The number of nitrogens with zero attached hydrogens (tertiary/aromatic N) is 2. The van der Waals surface area contributed by atoms with E-state index < -0.39 is 0 Å². The van der Waals surface area contributed by atoms with Crippen molar-refractivity contribution in [3.05, 3.63) is 23.8 Å². The van der Waals surface area contributed by atoms with Crippen molar-refractivity contribution in [1.82, 2.24) is 0 Å². The number of nitrogen functional groups attached to an aromatic ring is 1. The van der Waals surface area contributed by atoms with Crippen molar-refractivity contribution in [3.63, 3.8) is 0 Å². The second-order valence-electron chi connectivity index (χ2n) is 4.92. The van der Waals surface area contributed by atoms with Crippen LogP contribution in [0.2, 0.25) is 0 Å². The van der Waals surface area contributed by atoms with E-state index in [1.165, 1.54) is 0 Å². The number of hydrogen-bond acceptors (Lipinski definition) is 4. The van der Waals surface area contributed by atoms with E-state index >= 15 is 0 Å². The molecule has 19 heavy (non-hydrogen) atoms. The van der Waals surface area contributed by atoms with Gasteiger partial charge in [-0.15, -0.1) is 0 Å². The maximum absolute atomic E-state index is 11.3. The van der Waals surface area contributed by atoms with Crippen molar-refractivity contribution < 1.29 is 4.79 Å². The third kappa shape index (κ3) is 2.97. The van der Waals surface area contributed by atoms with Crippen LogP contribution in [0.25, 0.3) is 0 Å². The minimum atomic E-state index is -0.365. The van der Waals surface area contributed by atoms with E-state index in [2.05, 4.69) is 6.07 Å². The van der Waals surface area contributed by atoms with Crippen LogP contribution < -0.4 is 16.4 Å². The first-order valence-electron chi connectivity index (χ1n) is 6.46. The van der Waals surface area contributed by atoms with E-state index in [1.54, 1.807) is 18.2 Å². The molecule has 0 aliphatic heterocycles. The molecule has 0 atom stereocenters.